The maximum atomic E-state index is 12.4. The van der Waals surface area contributed by atoms with Gasteiger partial charge in [-0.3, -0.25) is 4.79 Å². The van der Waals surface area contributed by atoms with Crippen molar-refractivity contribution in [3.63, 3.8) is 0 Å². The van der Waals surface area contributed by atoms with Crippen molar-refractivity contribution in [2.24, 2.45) is 5.41 Å². The Hall–Kier alpha value is -1.72. The Labute approximate surface area is 86.4 Å². The summed E-state index contributed by atoms with van der Waals surface area (Å²) in [5.41, 5.74) is -0.919. The van der Waals surface area contributed by atoms with Crippen LogP contribution in [0.3, 0.4) is 0 Å². The maximum Gasteiger partial charge on any atom is 0.310 e. The Bertz CT molecular complexity index is 351. The highest BCUT2D eigenvalue weighted by molar-refractivity contribution is 5.74. The molecule has 0 aliphatic carbocycles. The molecule has 5 nitrogen and oxygen atoms in total. The summed E-state index contributed by atoms with van der Waals surface area (Å²) < 4.78 is 12.4. The first-order valence-electron chi connectivity index (χ1n) is 4.36. The molecule has 0 saturated heterocycles. The second kappa shape index (κ2) is 4.20. The van der Waals surface area contributed by atoms with E-state index >= 15 is 0 Å². The van der Waals surface area contributed by atoms with Crippen molar-refractivity contribution in [3.8, 4) is 0 Å². The summed E-state index contributed by atoms with van der Waals surface area (Å²) in [6, 6.07) is 0. The standard InChI is InChI=1S/C9H12FN3O2/c1-9(2,7(14)15)5-13-8-11-3-6(10)4-12-8/h3-4H,5H2,1-2H3,(H,14,15)(H,11,12,13). The van der Waals surface area contributed by atoms with Gasteiger partial charge < -0.3 is 10.4 Å². The van der Waals surface area contributed by atoms with Crippen LogP contribution >= 0.6 is 0 Å². The van der Waals surface area contributed by atoms with Crippen molar-refractivity contribution in [2.45, 2.75) is 13.8 Å². The third-order valence-corrected chi connectivity index (χ3v) is 1.89. The maximum absolute atomic E-state index is 12.4. The highest BCUT2D eigenvalue weighted by Crippen LogP contribution is 2.15. The number of carboxylic acids is 1. The van der Waals surface area contributed by atoms with Crippen LogP contribution in [0, 0.1) is 11.2 Å². The molecule has 0 atom stereocenters. The van der Waals surface area contributed by atoms with Crippen LogP contribution in [0.25, 0.3) is 0 Å². The van der Waals surface area contributed by atoms with Gasteiger partial charge in [-0.05, 0) is 13.8 Å². The fourth-order valence-electron chi connectivity index (χ4n) is 0.779. The second-order valence-corrected chi connectivity index (χ2v) is 3.77. The zero-order chi connectivity index (χ0) is 11.5. The molecule has 1 aromatic heterocycles. The SMILES string of the molecule is CC(C)(CNc1ncc(F)cn1)C(=O)O. The van der Waals surface area contributed by atoms with Crippen LogP contribution in [0.15, 0.2) is 12.4 Å². The van der Waals surface area contributed by atoms with Crippen molar-refractivity contribution in [1.82, 2.24) is 9.97 Å². The molecule has 1 heterocycles. The molecule has 82 valence electrons. The molecular formula is C9H12FN3O2. The van der Waals surface area contributed by atoms with E-state index in [0.717, 1.165) is 12.4 Å². The largest absolute Gasteiger partial charge is 0.481 e. The first-order valence-corrected chi connectivity index (χ1v) is 4.36. The van der Waals surface area contributed by atoms with E-state index < -0.39 is 17.2 Å². The first-order chi connectivity index (χ1) is 6.92. The fourth-order valence-corrected chi connectivity index (χ4v) is 0.779. The molecule has 2 N–H and O–H groups in total. The average molecular weight is 213 g/mol. The Morgan fingerprint density at radius 1 is 1.53 bits per heavy atom. The van der Waals surface area contributed by atoms with Crippen molar-refractivity contribution >= 4 is 11.9 Å². The van der Waals surface area contributed by atoms with E-state index in [1.165, 1.54) is 0 Å². The van der Waals surface area contributed by atoms with E-state index in [4.69, 9.17) is 5.11 Å². The van der Waals surface area contributed by atoms with Gasteiger partial charge in [0, 0.05) is 6.54 Å². The quantitative estimate of drug-likeness (QED) is 0.784. The number of anilines is 1. The first kappa shape index (κ1) is 11.4. The number of nitrogens with zero attached hydrogens (tertiary/aromatic N) is 2. The van der Waals surface area contributed by atoms with Crippen LogP contribution < -0.4 is 5.32 Å². The van der Waals surface area contributed by atoms with Gasteiger partial charge >= 0.3 is 5.97 Å². The van der Waals surface area contributed by atoms with Gasteiger partial charge in [-0.1, -0.05) is 0 Å². The van der Waals surface area contributed by atoms with Crippen LogP contribution in [0.2, 0.25) is 0 Å². The normalized spacial score (nSPS) is 11.1. The Morgan fingerprint density at radius 2 is 2.07 bits per heavy atom. The molecule has 0 saturated carbocycles. The molecular weight excluding hydrogens is 201 g/mol. The molecule has 15 heavy (non-hydrogen) atoms. The van der Waals surface area contributed by atoms with Crippen molar-refractivity contribution in [1.29, 1.82) is 0 Å². The number of hydrogen-bond donors (Lipinski definition) is 2. The number of carbonyl (C=O) groups is 1. The minimum Gasteiger partial charge on any atom is -0.481 e. The van der Waals surface area contributed by atoms with Gasteiger partial charge in [-0.2, -0.15) is 0 Å². The third-order valence-electron chi connectivity index (χ3n) is 1.89. The monoisotopic (exact) mass is 213 g/mol. The van der Waals surface area contributed by atoms with Crippen LogP contribution in [0.1, 0.15) is 13.8 Å². The average Bonchev–Trinajstić information content (AvgIpc) is 2.17. The lowest BCUT2D eigenvalue weighted by atomic mass is 9.94. The van der Waals surface area contributed by atoms with Gasteiger partial charge in [-0.15, -0.1) is 0 Å². The highest BCUT2D eigenvalue weighted by atomic mass is 19.1. The van der Waals surface area contributed by atoms with E-state index in [1.807, 2.05) is 0 Å². The Balaban J connectivity index is 2.57. The summed E-state index contributed by atoms with van der Waals surface area (Å²) in [5.74, 6) is -1.24. The number of hydrogen-bond acceptors (Lipinski definition) is 4. The third kappa shape index (κ3) is 3.16. The zero-order valence-electron chi connectivity index (χ0n) is 8.49. The van der Waals surface area contributed by atoms with Crippen LogP contribution in [0.5, 0.6) is 0 Å². The van der Waals surface area contributed by atoms with Gasteiger partial charge in [-0.25, -0.2) is 14.4 Å². The number of rotatable bonds is 4. The molecule has 1 aromatic rings. The molecule has 0 aliphatic rings. The summed E-state index contributed by atoms with van der Waals surface area (Å²) in [5, 5.41) is 11.5. The molecule has 0 aromatic carbocycles. The van der Waals surface area contributed by atoms with E-state index in [2.05, 4.69) is 15.3 Å². The summed E-state index contributed by atoms with van der Waals surface area (Å²) in [7, 11) is 0. The number of halogens is 1. The Kier molecular flexibility index (Phi) is 3.18. The molecule has 0 unspecified atom stereocenters. The fraction of sp³-hybridized carbons (Fsp3) is 0.444. The van der Waals surface area contributed by atoms with E-state index in [0.29, 0.717) is 0 Å². The number of aliphatic carboxylic acids is 1. The summed E-state index contributed by atoms with van der Waals surface area (Å²) in [4.78, 5) is 18.1. The number of carboxylic acid groups (broad SMARTS) is 1. The summed E-state index contributed by atoms with van der Waals surface area (Å²) in [6.07, 6.45) is 2.03. The minimum absolute atomic E-state index is 0.175. The molecule has 6 heteroatoms. The van der Waals surface area contributed by atoms with Crippen LogP contribution in [-0.4, -0.2) is 27.6 Å². The number of aromatic nitrogens is 2. The molecule has 0 radical (unpaired) electrons. The predicted molar refractivity (Wildman–Crippen MR) is 51.9 cm³/mol. The highest BCUT2D eigenvalue weighted by Gasteiger charge is 2.26. The minimum atomic E-state index is -0.919. The van der Waals surface area contributed by atoms with E-state index in [9.17, 15) is 9.18 Å². The molecule has 0 spiro atoms. The zero-order valence-corrected chi connectivity index (χ0v) is 8.49. The molecule has 0 aliphatic heterocycles. The second-order valence-electron chi connectivity index (χ2n) is 3.77. The number of nitrogens with one attached hydrogen (secondary N) is 1. The van der Waals surface area contributed by atoms with Crippen molar-refractivity contribution in [2.75, 3.05) is 11.9 Å². The van der Waals surface area contributed by atoms with Gasteiger partial charge in [0.05, 0.1) is 17.8 Å². The lowest BCUT2D eigenvalue weighted by molar-refractivity contribution is -0.146. The topological polar surface area (TPSA) is 75.1 Å². The molecule has 0 bridgehead atoms. The lowest BCUT2D eigenvalue weighted by Crippen LogP contribution is -2.32. The van der Waals surface area contributed by atoms with Gasteiger partial charge in [0.1, 0.15) is 0 Å². The van der Waals surface area contributed by atoms with Gasteiger partial charge in [0.25, 0.3) is 0 Å². The smallest absolute Gasteiger partial charge is 0.310 e. The van der Waals surface area contributed by atoms with Gasteiger partial charge in [0.15, 0.2) is 5.82 Å². The summed E-state index contributed by atoms with van der Waals surface area (Å²) in [6.45, 7) is 3.33. The predicted octanol–water partition coefficient (Wildman–Crippen LogP) is 1.14. The summed E-state index contributed by atoms with van der Waals surface area (Å²) >= 11 is 0. The molecule has 0 fully saturated rings. The van der Waals surface area contributed by atoms with Gasteiger partial charge in [0.2, 0.25) is 5.95 Å². The Morgan fingerprint density at radius 3 is 2.53 bits per heavy atom. The van der Waals surface area contributed by atoms with E-state index in [-0.39, 0.29) is 12.5 Å². The van der Waals surface area contributed by atoms with Crippen LogP contribution in [0.4, 0.5) is 10.3 Å². The van der Waals surface area contributed by atoms with Crippen molar-refractivity contribution < 1.29 is 14.3 Å². The van der Waals surface area contributed by atoms with Crippen LogP contribution in [-0.2, 0) is 4.79 Å². The van der Waals surface area contributed by atoms with Crippen molar-refractivity contribution in [3.05, 3.63) is 18.2 Å². The molecule has 1 rings (SSSR count). The molecule has 0 amide bonds. The lowest BCUT2D eigenvalue weighted by Gasteiger charge is -2.19. The van der Waals surface area contributed by atoms with E-state index in [1.54, 1.807) is 13.8 Å².